The van der Waals surface area contributed by atoms with Crippen LogP contribution in [0.25, 0.3) is 11.0 Å². The molecule has 0 fully saturated rings. The van der Waals surface area contributed by atoms with Gasteiger partial charge in [0.25, 0.3) is 22.9 Å². The molecule has 0 unspecified atom stereocenters. The van der Waals surface area contributed by atoms with Crippen LogP contribution in [0.1, 0.15) is 62.5 Å². The van der Waals surface area contributed by atoms with Crippen molar-refractivity contribution in [3.8, 4) is 0 Å². The maximum absolute atomic E-state index is 13.3. The first kappa shape index (κ1) is 28.2. The largest absolute Gasteiger partial charge is 0.464 e. The number of esters is 2. The predicted molar refractivity (Wildman–Crippen MR) is 133 cm³/mol. The van der Waals surface area contributed by atoms with Crippen molar-refractivity contribution < 1.29 is 28.7 Å². The zero-order valence-electron chi connectivity index (χ0n) is 21.9. The number of hydrogen-bond donors (Lipinski definition) is 2. The number of aromatic nitrogens is 4. The van der Waals surface area contributed by atoms with Gasteiger partial charge < -0.3 is 20.1 Å². The van der Waals surface area contributed by atoms with Crippen molar-refractivity contribution >= 4 is 34.8 Å². The van der Waals surface area contributed by atoms with Gasteiger partial charge >= 0.3 is 11.9 Å². The average molecular weight is 531 g/mol. The minimum Gasteiger partial charge on any atom is -0.464 e. The van der Waals surface area contributed by atoms with Crippen molar-refractivity contribution in [1.29, 1.82) is 0 Å². The summed E-state index contributed by atoms with van der Waals surface area (Å²) in [5.74, 6) is -3.69. The lowest BCUT2D eigenvalue weighted by Gasteiger charge is -2.20. The number of ether oxygens (including phenoxy) is 2. The molecule has 14 nitrogen and oxygen atoms in total. The summed E-state index contributed by atoms with van der Waals surface area (Å²) in [4.78, 5) is 84.9. The van der Waals surface area contributed by atoms with Gasteiger partial charge in [0, 0.05) is 0 Å². The molecule has 2 atom stereocenters. The molecule has 204 valence electrons. The van der Waals surface area contributed by atoms with Crippen LogP contribution in [0.4, 0.5) is 0 Å². The van der Waals surface area contributed by atoms with Gasteiger partial charge in [-0.2, -0.15) is 0 Å². The Morgan fingerprint density at radius 1 is 0.737 bits per heavy atom. The molecule has 0 saturated carbocycles. The molecule has 0 aliphatic rings. The van der Waals surface area contributed by atoms with Crippen molar-refractivity contribution in [2.75, 3.05) is 13.2 Å². The molecule has 14 heteroatoms. The van der Waals surface area contributed by atoms with Gasteiger partial charge in [-0.25, -0.2) is 19.6 Å². The van der Waals surface area contributed by atoms with E-state index in [2.05, 4.69) is 20.6 Å². The fourth-order valence-electron chi connectivity index (χ4n) is 3.85. The first-order valence-electron chi connectivity index (χ1n) is 12.1. The molecule has 0 saturated heterocycles. The monoisotopic (exact) mass is 530 g/mol. The Bertz CT molecular complexity index is 1380. The number of nitrogens with zero attached hydrogens (tertiary/aromatic N) is 4. The SMILES string of the molecule is CCOC(=O)[C@@H](NC(=O)c1ncn2c(=O)c3c(C(=O)N[C@H](C(=O)OCC)C(C)C)ncn3c(=O)c12)C(C)C. The second-order valence-corrected chi connectivity index (χ2v) is 9.13. The van der Waals surface area contributed by atoms with Gasteiger partial charge in [-0.05, 0) is 25.7 Å². The van der Waals surface area contributed by atoms with Gasteiger partial charge in [-0.3, -0.25) is 28.0 Å². The van der Waals surface area contributed by atoms with Gasteiger partial charge in [0.2, 0.25) is 0 Å². The van der Waals surface area contributed by atoms with Crippen LogP contribution in [0.2, 0.25) is 0 Å². The molecule has 2 amide bonds. The van der Waals surface area contributed by atoms with Gasteiger partial charge in [-0.15, -0.1) is 0 Å². The molecular formula is C24H30N6O8. The lowest BCUT2D eigenvalue weighted by atomic mass is 10.0. The summed E-state index contributed by atoms with van der Waals surface area (Å²) >= 11 is 0. The summed E-state index contributed by atoms with van der Waals surface area (Å²) in [5.41, 5.74) is -3.16. The number of fused-ring (bicyclic) bond motifs is 2. The van der Waals surface area contributed by atoms with E-state index in [9.17, 15) is 28.8 Å². The van der Waals surface area contributed by atoms with E-state index < -0.39 is 47.0 Å². The van der Waals surface area contributed by atoms with Gasteiger partial charge in [0.05, 0.1) is 13.2 Å². The van der Waals surface area contributed by atoms with Crippen LogP contribution in [0.15, 0.2) is 22.2 Å². The number of imidazole rings is 2. The number of rotatable bonds is 10. The highest BCUT2D eigenvalue weighted by Gasteiger charge is 2.31. The standard InChI is InChI=1S/C24H30N6O8/c1-7-37-23(35)13(11(3)4)27-19(31)15-17-21(33)30-10-26-16(18(30)22(34)29(17)9-25-15)20(32)28-14(12(5)6)24(36)38-8-2/h9-14H,7-8H2,1-6H3,(H,27,31)(H,28,32)/t13-,14-/m0/s1. The minimum atomic E-state index is -1.01. The molecule has 3 aromatic heterocycles. The summed E-state index contributed by atoms with van der Waals surface area (Å²) in [6, 6.07) is -2.02. The van der Waals surface area contributed by atoms with E-state index in [1.54, 1.807) is 41.5 Å². The molecule has 3 heterocycles. The summed E-state index contributed by atoms with van der Waals surface area (Å²) in [6.07, 6.45) is 1.96. The fourth-order valence-corrected chi connectivity index (χ4v) is 3.85. The molecule has 3 rings (SSSR count). The Labute approximate surface area is 216 Å². The third-order valence-electron chi connectivity index (χ3n) is 5.80. The third-order valence-corrected chi connectivity index (χ3v) is 5.80. The first-order valence-corrected chi connectivity index (χ1v) is 12.1. The second kappa shape index (κ2) is 11.4. The molecular weight excluding hydrogens is 500 g/mol. The average Bonchev–Trinajstić information content (AvgIpc) is 3.50. The van der Waals surface area contributed by atoms with Gasteiger partial charge in [0.1, 0.15) is 35.8 Å². The number of carbonyl (C=O) groups excluding carboxylic acids is 4. The van der Waals surface area contributed by atoms with Crippen molar-refractivity contribution in [3.63, 3.8) is 0 Å². The van der Waals surface area contributed by atoms with Crippen LogP contribution in [0, 0.1) is 11.8 Å². The van der Waals surface area contributed by atoms with Gasteiger partial charge in [-0.1, -0.05) is 27.7 Å². The molecule has 0 spiro atoms. The van der Waals surface area contributed by atoms with E-state index in [0.29, 0.717) is 0 Å². The zero-order chi connectivity index (χ0) is 28.3. The molecule has 0 aliphatic carbocycles. The van der Waals surface area contributed by atoms with Crippen LogP contribution in [-0.2, 0) is 19.1 Å². The number of nitrogens with one attached hydrogen (secondary N) is 2. The highest BCUT2D eigenvalue weighted by molar-refractivity contribution is 6.02. The highest BCUT2D eigenvalue weighted by atomic mass is 16.5. The smallest absolute Gasteiger partial charge is 0.328 e. The van der Waals surface area contributed by atoms with Crippen LogP contribution >= 0.6 is 0 Å². The molecule has 0 bridgehead atoms. The number of hydrogen-bond acceptors (Lipinski definition) is 10. The molecule has 3 aromatic rings. The third kappa shape index (κ3) is 5.19. The van der Waals surface area contributed by atoms with Crippen molar-refractivity contribution in [1.82, 2.24) is 29.4 Å². The Kier molecular flexibility index (Phi) is 8.43. The normalized spacial score (nSPS) is 13.1. The molecule has 0 radical (unpaired) electrons. The molecule has 38 heavy (non-hydrogen) atoms. The topological polar surface area (TPSA) is 180 Å². The van der Waals surface area contributed by atoms with Crippen molar-refractivity contribution in [2.24, 2.45) is 11.8 Å². The summed E-state index contributed by atoms with van der Waals surface area (Å²) in [6.45, 7) is 10.3. The number of amides is 2. The Morgan fingerprint density at radius 3 is 1.37 bits per heavy atom. The highest BCUT2D eigenvalue weighted by Crippen LogP contribution is 2.12. The second-order valence-electron chi connectivity index (χ2n) is 9.13. The van der Waals surface area contributed by atoms with Crippen molar-refractivity contribution in [2.45, 2.75) is 53.6 Å². The van der Waals surface area contributed by atoms with Crippen LogP contribution in [-0.4, -0.2) is 67.8 Å². The molecule has 0 aliphatic heterocycles. The van der Waals surface area contributed by atoms with E-state index in [-0.39, 0.29) is 47.5 Å². The molecule has 0 aromatic carbocycles. The van der Waals surface area contributed by atoms with Crippen molar-refractivity contribution in [3.05, 3.63) is 44.8 Å². The van der Waals surface area contributed by atoms with E-state index in [0.717, 1.165) is 21.5 Å². The maximum atomic E-state index is 13.3. The molecule has 2 N–H and O–H groups in total. The van der Waals surface area contributed by atoms with Crippen LogP contribution < -0.4 is 21.8 Å². The minimum absolute atomic E-state index is 0.113. The van der Waals surface area contributed by atoms with Gasteiger partial charge in [0.15, 0.2) is 11.4 Å². The summed E-state index contributed by atoms with van der Waals surface area (Å²) in [5, 5.41) is 5.01. The van der Waals surface area contributed by atoms with E-state index in [4.69, 9.17) is 9.47 Å². The lowest BCUT2D eigenvalue weighted by molar-refractivity contribution is -0.147. The Balaban J connectivity index is 2.04. The zero-order valence-corrected chi connectivity index (χ0v) is 21.9. The predicted octanol–water partition coefficient (Wildman–Crippen LogP) is -0.225. The van der Waals surface area contributed by atoms with E-state index in [1.807, 2.05) is 0 Å². The van der Waals surface area contributed by atoms with Crippen LogP contribution in [0.5, 0.6) is 0 Å². The first-order chi connectivity index (χ1) is 17.9. The quantitative estimate of drug-likeness (QED) is 0.333. The maximum Gasteiger partial charge on any atom is 0.328 e. The van der Waals surface area contributed by atoms with Crippen LogP contribution in [0.3, 0.4) is 0 Å². The summed E-state index contributed by atoms with van der Waals surface area (Å²) in [7, 11) is 0. The van der Waals surface area contributed by atoms with E-state index >= 15 is 0 Å². The lowest BCUT2D eigenvalue weighted by Crippen LogP contribution is -2.46. The summed E-state index contributed by atoms with van der Waals surface area (Å²) < 4.78 is 11.7. The Morgan fingerprint density at radius 2 is 1.08 bits per heavy atom. The fraction of sp³-hybridized carbons (Fsp3) is 0.500. The Hall–Kier alpha value is -4.36. The van der Waals surface area contributed by atoms with E-state index in [1.165, 1.54) is 0 Å². The number of carbonyl (C=O) groups is 4.